The van der Waals surface area contributed by atoms with E-state index >= 15 is 0 Å². The lowest BCUT2D eigenvalue weighted by molar-refractivity contribution is 0.202. The van der Waals surface area contributed by atoms with Gasteiger partial charge in [0.05, 0.1) is 17.2 Å². The largest absolute Gasteiger partial charge is 0.337 e. The van der Waals surface area contributed by atoms with E-state index in [1.54, 1.807) is 23.2 Å². The van der Waals surface area contributed by atoms with E-state index in [4.69, 9.17) is 4.52 Å². The second-order valence-corrected chi connectivity index (χ2v) is 7.19. The second-order valence-electron chi connectivity index (χ2n) is 5.91. The molecule has 7 nitrogen and oxygen atoms in total. The summed E-state index contributed by atoms with van der Waals surface area (Å²) in [5, 5.41) is 7.62. The number of aromatic nitrogens is 3. The molecule has 1 aliphatic rings. The molecular weight excluding hydrogens is 314 g/mol. The molecule has 8 heteroatoms. The SMILES string of the molecule is Cc1noc(CNC(=O)N(C)CC2CCCc3sc(C)nc32)n1. The number of amides is 2. The van der Waals surface area contributed by atoms with Crippen LogP contribution in [0.25, 0.3) is 0 Å². The van der Waals surface area contributed by atoms with E-state index in [1.165, 1.54) is 10.6 Å². The van der Waals surface area contributed by atoms with Crippen LogP contribution in [0.2, 0.25) is 0 Å². The number of fused-ring (bicyclic) bond motifs is 1. The van der Waals surface area contributed by atoms with E-state index in [1.807, 2.05) is 14.0 Å². The van der Waals surface area contributed by atoms with Gasteiger partial charge in [0.1, 0.15) is 0 Å². The fourth-order valence-electron chi connectivity index (χ4n) is 2.92. The summed E-state index contributed by atoms with van der Waals surface area (Å²) >= 11 is 1.78. The Labute approximate surface area is 139 Å². The van der Waals surface area contributed by atoms with Gasteiger partial charge in [0, 0.05) is 24.4 Å². The molecule has 23 heavy (non-hydrogen) atoms. The van der Waals surface area contributed by atoms with Gasteiger partial charge in [-0.05, 0) is 33.1 Å². The third-order valence-corrected chi connectivity index (χ3v) is 5.03. The lowest BCUT2D eigenvalue weighted by Crippen LogP contribution is -2.39. The van der Waals surface area contributed by atoms with E-state index in [2.05, 4.69) is 20.4 Å². The first-order chi connectivity index (χ1) is 11.0. The lowest BCUT2D eigenvalue weighted by atomic mass is 9.91. The number of nitrogens with one attached hydrogen (secondary N) is 1. The minimum absolute atomic E-state index is 0.139. The maximum atomic E-state index is 12.2. The van der Waals surface area contributed by atoms with Crippen LogP contribution in [0.3, 0.4) is 0 Å². The highest BCUT2D eigenvalue weighted by molar-refractivity contribution is 7.11. The van der Waals surface area contributed by atoms with Crippen molar-refractivity contribution in [2.24, 2.45) is 0 Å². The Hall–Kier alpha value is -1.96. The van der Waals surface area contributed by atoms with Gasteiger partial charge >= 0.3 is 6.03 Å². The molecule has 2 amide bonds. The monoisotopic (exact) mass is 335 g/mol. The van der Waals surface area contributed by atoms with Gasteiger partial charge < -0.3 is 14.7 Å². The average molecular weight is 335 g/mol. The van der Waals surface area contributed by atoms with Crippen molar-refractivity contribution in [2.45, 2.75) is 45.6 Å². The van der Waals surface area contributed by atoms with Crippen molar-refractivity contribution in [3.63, 3.8) is 0 Å². The summed E-state index contributed by atoms with van der Waals surface area (Å²) in [6.07, 6.45) is 3.36. The van der Waals surface area contributed by atoms with Crippen molar-refractivity contribution in [3.8, 4) is 0 Å². The van der Waals surface area contributed by atoms with Crippen molar-refractivity contribution in [1.82, 2.24) is 25.3 Å². The van der Waals surface area contributed by atoms with Crippen molar-refractivity contribution in [2.75, 3.05) is 13.6 Å². The highest BCUT2D eigenvalue weighted by Gasteiger charge is 2.26. The van der Waals surface area contributed by atoms with Crippen molar-refractivity contribution >= 4 is 17.4 Å². The highest BCUT2D eigenvalue weighted by atomic mass is 32.1. The van der Waals surface area contributed by atoms with Crippen molar-refractivity contribution in [1.29, 1.82) is 0 Å². The van der Waals surface area contributed by atoms with E-state index < -0.39 is 0 Å². The molecule has 1 aliphatic carbocycles. The van der Waals surface area contributed by atoms with Gasteiger partial charge in [0.15, 0.2) is 5.82 Å². The summed E-state index contributed by atoms with van der Waals surface area (Å²) in [5.41, 5.74) is 1.19. The molecule has 1 N–H and O–H groups in total. The van der Waals surface area contributed by atoms with Crippen LogP contribution in [-0.4, -0.2) is 39.6 Å². The van der Waals surface area contributed by atoms with Crippen LogP contribution in [0.15, 0.2) is 4.52 Å². The van der Waals surface area contributed by atoms with Gasteiger partial charge in [-0.2, -0.15) is 4.98 Å². The zero-order valence-corrected chi connectivity index (χ0v) is 14.4. The number of likely N-dealkylation sites (N-methyl/N-ethyl adjacent to an activating group) is 1. The molecule has 0 saturated carbocycles. The molecule has 3 rings (SSSR count). The summed E-state index contributed by atoms with van der Waals surface area (Å²) in [4.78, 5) is 24.0. The third kappa shape index (κ3) is 3.69. The van der Waals surface area contributed by atoms with Crippen LogP contribution in [0, 0.1) is 13.8 Å². The predicted molar refractivity (Wildman–Crippen MR) is 86.4 cm³/mol. The van der Waals surface area contributed by atoms with E-state index in [9.17, 15) is 4.79 Å². The first-order valence-corrected chi connectivity index (χ1v) is 8.59. The van der Waals surface area contributed by atoms with Gasteiger partial charge in [-0.25, -0.2) is 9.78 Å². The fraction of sp³-hybridized carbons (Fsp3) is 0.600. The highest BCUT2D eigenvalue weighted by Crippen LogP contribution is 2.34. The molecule has 0 aliphatic heterocycles. The van der Waals surface area contributed by atoms with E-state index in [-0.39, 0.29) is 12.6 Å². The van der Waals surface area contributed by atoms with Crippen LogP contribution in [-0.2, 0) is 13.0 Å². The molecule has 0 saturated heterocycles. The molecule has 2 aromatic rings. The number of hydrogen-bond donors (Lipinski definition) is 1. The molecule has 2 heterocycles. The Kier molecular flexibility index (Phi) is 4.61. The molecule has 1 unspecified atom stereocenters. The molecule has 0 aromatic carbocycles. The van der Waals surface area contributed by atoms with E-state index in [0.717, 1.165) is 24.3 Å². The molecule has 0 bridgehead atoms. The number of urea groups is 1. The van der Waals surface area contributed by atoms with Crippen LogP contribution in [0.5, 0.6) is 0 Å². The van der Waals surface area contributed by atoms with E-state index in [0.29, 0.717) is 24.2 Å². The first-order valence-electron chi connectivity index (χ1n) is 7.77. The minimum atomic E-state index is -0.139. The smallest absolute Gasteiger partial charge is 0.317 e. The quantitative estimate of drug-likeness (QED) is 0.927. The Bertz CT molecular complexity index is 696. The summed E-state index contributed by atoms with van der Waals surface area (Å²) < 4.78 is 4.99. The minimum Gasteiger partial charge on any atom is -0.337 e. The van der Waals surface area contributed by atoms with Crippen LogP contribution in [0.4, 0.5) is 4.79 Å². The number of hydrogen-bond acceptors (Lipinski definition) is 6. The molecular formula is C15H21N5O2S. The third-order valence-electron chi connectivity index (χ3n) is 3.98. The van der Waals surface area contributed by atoms with Crippen LogP contribution >= 0.6 is 11.3 Å². The number of aryl methyl sites for hydroxylation is 3. The number of thiazole rings is 1. The van der Waals surface area contributed by atoms with Crippen molar-refractivity contribution in [3.05, 3.63) is 27.3 Å². The first kappa shape index (κ1) is 15.9. The summed E-state index contributed by atoms with van der Waals surface area (Å²) in [7, 11) is 1.81. The fourth-order valence-corrected chi connectivity index (χ4v) is 3.98. The summed E-state index contributed by atoms with van der Waals surface area (Å²) in [6, 6.07) is -0.139. The Morgan fingerprint density at radius 1 is 1.43 bits per heavy atom. The molecule has 0 spiro atoms. The van der Waals surface area contributed by atoms with Gasteiger partial charge in [0.25, 0.3) is 0 Å². The molecule has 124 valence electrons. The van der Waals surface area contributed by atoms with Gasteiger partial charge in [-0.1, -0.05) is 5.16 Å². The Balaban J connectivity index is 1.56. The molecule has 2 aromatic heterocycles. The number of nitrogens with zero attached hydrogens (tertiary/aromatic N) is 4. The maximum Gasteiger partial charge on any atom is 0.317 e. The zero-order chi connectivity index (χ0) is 16.4. The van der Waals surface area contributed by atoms with Crippen LogP contribution in [0.1, 0.15) is 46.1 Å². The Morgan fingerprint density at radius 3 is 3.00 bits per heavy atom. The average Bonchev–Trinajstić information content (AvgIpc) is 3.10. The standard InChI is InChI=1S/C15H21N5O2S/c1-9-17-13(22-19-9)7-16-15(21)20(3)8-11-5-4-6-12-14(11)18-10(2)23-12/h11H,4-8H2,1-3H3,(H,16,21). The second kappa shape index (κ2) is 6.66. The maximum absolute atomic E-state index is 12.2. The topological polar surface area (TPSA) is 84.2 Å². The summed E-state index contributed by atoms with van der Waals surface area (Å²) in [5.74, 6) is 1.31. The molecule has 0 radical (unpaired) electrons. The van der Waals surface area contributed by atoms with Crippen molar-refractivity contribution < 1.29 is 9.32 Å². The van der Waals surface area contributed by atoms with Crippen LogP contribution < -0.4 is 5.32 Å². The molecule has 1 atom stereocenters. The molecule has 0 fully saturated rings. The Morgan fingerprint density at radius 2 is 2.26 bits per heavy atom. The number of carbonyl (C=O) groups excluding carboxylic acids is 1. The van der Waals surface area contributed by atoms with Gasteiger partial charge in [0.2, 0.25) is 5.89 Å². The zero-order valence-electron chi connectivity index (χ0n) is 13.6. The number of rotatable bonds is 4. The van der Waals surface area contributed by atoms with Gasteiger partial charge in [-0.3, -0.25) is 0 Å². The number of carbonyl (C=O) groups is 1. The lowest BCUT2D eigenvalue weighted by Gasteiger charge is -2.26. The normalized spacial score (nSPS) is 16.9. The predicted octanol–water partition coefficient (Wildman–Crippen LogP) is 2.40. The summed E-state index contributed by atoms with van der Waals surface area (Å²) in [6.45, 7) is 4.71. The van der Waals surface area contributed by atoms with Gasteiger partial charge in [-0.15, -0.1) is 11.3 Å².